The van der Waals surface area contributed by atoms with E-state index in [0.717, 1.165) is 51.1 Å². The monoisotopic (exact) mass is 468 g/mol. The number of rotatable bonds is 10. The molecule has 1 atom stereocenters. The first-order valence-electron chi connectivity index (χ1n) is 9.85. The number of guanidine groups is 1. The van der Waals surface area contributed by atoms with E-state index in [1.807, 2.05) is 0 Å². The van der Waals surface area contributed by atoms with E-state index in [1.165, 1.54) is 25.7 Å². The Morgan fingerprint density at radius 2 is 1.80 bits per heavy atom. The van der Waals surface area contributed by atoms with Crippen molar-refractivity contribution in [2.45, 2.75) is 78.4 Å². The lowest BCUT2D eigenvalue weighted by atomic mass is 9.98. The molecule has 1 fully saturated rings. The van der Waals surface area contributed by atoms with Gasteiger partial charge in [-0.1, -0.05) is 12.8 Å². The van der Waals surface area contributed by atoms with E-state index in [1.54, 1.807) is 0 Å². The van der Waals surface area contributed by atoms with E-state index in [2.05, 4.69) is 50.6 Å². The molecule has 0 saturated heterocycles. The van der Waals surface area contributed by atoms with E-state index in [4.69, 9.17) is 9.73 Å². The highest BCUT2D eigenvalue weighted by Crippen LogP contribution is 2.30. The Kier molecular flexibility index (Phi) is 14.0. The van der Waals surface area contributed by atoms with Crippen molar-refractivity contribution in [3.05, 3.63) is 0 Å². The molecule has 0 bridgehead atoms. The van der Waals surface area contributed by atoms with Gasteiger partial charge in [0, 0.05) is 38.3 Å². The first-order valence-corrected chi connectivity index (χ1v) is 9.85. The van der Waals surface area contributed by atoms with Crippen molar-refractivity contribution in [2.75, 3.05) is 32.8 Å². The maximum absolute atomic E-state index is 5.98. The molecule has 1 saturated carbocycles. The Morgan fingerprint density at radius 1 is 1.12 bits per heavy atom. The number of nitrogens with zero attached hydrogens (tertiary/aromatic N) is 1. The smallest absolute Gasteiger partial charge is 0.191 e. The van der Waals surface area contributed by atoms with Gasteiger partial charge in [0.25, 0.3) is 0 Å². The predicted molar refractivity (Wildman–Crippen MR) is 119 cm³/mol. The molecule has 150 valence electrons. The third kappa shape index (κ3) is 12.0. The van der Waals surface area contributed by atoms with Gasteiger partial charge in [-0.05, 0) is 59.8 Å². The van der Waals surface area contributed by atoms with Crippen LogP contribution in [0.4, 0.5) is 0 Å². The fourth-order valence-corrected chi connectivity index (χ4v) is 3.26. The zero-order valence-electron chi connectivity index (χ0n) is 17.0. The zero-order valence-corrected chi connectivity index (χ0v) is 19.3. The largest absolute Gasteiger partial charge is 0.378 e. The third-order valence-corrected chi connectivity index (χ3v) is 4.41. The van der Waals surface area contributed by atoms with E-state index in [9.17, 15) is 0 Å². The van der Waals surface area contributed by atoms with E-state index >= 15 is 0 Å². The van der Waals surface area contributed by atoms with Gasteiger partial charge < -0.3 is 20.7 Å². The van der Waals surface area contributed by atoms with Gasteiger partial charge in [0.15, 0.2) is 5.96 Å². The van der Waals surface area contributed by atoms with Crippen molar-refractivity contribution in [3.63, 3.8) is 0 Å². The summed E-state index contributed by atoms with van der Waals surface area (Å²) in [5.74, 6) is 1.65. The van der Waals surface area contributed by atoms with Crippen LogP contribution in [0.5, 0.6) is 0 Å². The number of hydrogen-bond donors (Lipinski definition) is 3. The topological polar surface area (TPSA) is 57.7 Å². The van der Waals surface area contributed by atoms with Gasteiger partial charge in [-0.15, -0.1) is 24.0 Å². The van der Waals surface area contributed by atoms with Crippen LogP contribution in [0.15, 0.2) is 4.99 Å². The van der Waals surface area contributed by atoms with E-state index in [-0.39, 0.29) is 29.5 Å². The van der Waals surface area contributed by atoms with Crippen LogP contribution in [0.2, 0.25) is 0 Å². The lowest BCUT2D eigenvalue weighted by Gasteiger charge is -2.23. The molecular weight excluding hydrogens is 427 g/mol. The van der Waals surface area contributed by atoms with Crippen LogP contribution in [0.1, 0.15) is 66.7 Å². The summed E-state index contributed by atoms with van der Waals surface area (Å²) in [4.78, 5) is 4.73. The zero-order chi connectivity index (χ0) is 17.8. The summed E-state index contributed by atoms with van der Waals surface area (Å²) < 4.78 is 5.98. The molecule has 1 aliphatic carbocycles. The minimum Gasteiger partial charge on any atom is -0.378 e. The molecule has 1 unspecified atom stereocenters. The molecule has 0 spiro atoms. The van der Waals surface area contributed by atoms with Gasteiger partial charge in [0.05, 0.1) is 6.10 Å². The van der Waals surface area contributed by atoms with Crippen molar-refractivity contribution >= 4 is 29.9 Å². The van der Waals surface area contributed by atoms with Crippen LogP contribution in [-0.4, -0.2) is 50.4 Å². The minimum absolute atomic E-state index is 0. The van der Waals surface area contributed by atoms with Crippen LogP contribution >= 0.6 is 24.0 Å². The Hall–Kier alpha value is -0.0800. The Balaban J connectivity index is 0.00000576. The van der Waals surface area contributed by atoms with Crippen molar-refractivity contribution in [1.29, 1.82) is 0 Å². The molecule has 1 aliphatic rings. The lowest BCUT2D eigenvalue weighted by Crippen LogP contribution is -2.44. The Bertz CT molecular complexity index is 352. The summed E-state index contributed by atoms with van der Waals surface area (Å²) >= 11 is 0. The quantitative estimate of drug-likeness (QED) is 0.199. The fraction of sp³-hybridized carbons (Fsp3) is 0.947. The van der Waals surface area contributed by atoms with Crippen LogP contribution < -0.4 is 16.0 Å². The molecule has 5 nitrogen and oxygen atoms in total. The van der Waals surface area contributed by atoms with Gasteiger partial charge >= 0.3 is 0 Å². The first kappa shape index (κ1) is 24.9. The molecule has 0 heterocycles. The highest BCUT2D eigenvalue weighted by Gasteiger charge is 2.24. The molecular formula is C19H41IN4O. The summed E-state index contributed by atoms with van der Waals surface area (Å²) in [5, 5.41) is 10.2. The van der Waals surface area contributed by atoms with Crippen molar-refractivity contribution in [3.8, 4) is 0 Å². The van der Waals surface area contributed by atoms with Crippen molar-refractivity contribution < 1.29 is 4.74 Å². The predicted octanol–water partition coefficient (Wildman–Crippen LogP) is 3.53. The molecule has 3 N–H and O–H groups in total. The van der Waals surface area contributed by atoms with Crippen LogP contribution in [0.25, 0.3) is 0 Å². The Morgan fingerprint density at radius 3 is 2.36 bits per heavy atom. The number of hydrogen-bond acceptors (Lipinski definition) is 3. The van der Waals surface area contributed by atoms with Gasteiger partial charge in [0.1, 0.15) is 0 Å². The fourth-order valence-electron chi connectivity index (χ4n) is 3.26. The highest BCUT2D eigenvalue weighted by atomic mass is 127. The summed E-state index contributed by atoms with van der Waals surface area (Å²) in [5.41, 5.74) is 0.156. The second-order valence-corrected chi connectivity index (χ2v) is 7.69. The second-order valence-electron chi connectivity index (χ2n) is 7.69. The molecule has 0 aliphatic heterocycles. The summed E-state index contributed by atoms with van der Waals surface area (Å²) in [6.45, 7) is 15.1. The third-order valence-electron chi connectivity index (χ3n) is 4.41. The van der Waals surface area contributed by atoms with Crippen LogP contribution in [0, 0.1) is 5.92 Å². The molecule has 1 rings (SSSR count). The number of nitrogens with one attached hydrogen (secondary N) is 3. The highest BCUT2D eigenvalue weighted by molar-refractivity contribution is 14.0. The van der Waals surface area contributed by atoms with Gasteiger partial charge in [-0.3, -0.25) is 4.99 Å². The maximum Gasteiger partial charge on any atom is 0.191 e. The van der Waals surface area contributed by atoms with E-state index in [0.29, 0.717) is 6.10 Å². The maximum atomic E-state index is 5.98. The summed E-state index contributed by atoms with van der Waals surface area (Å²) in [6.07, 6.45) is 6.78. The summed E-state index contributed by atoms with van der Waals surface area (Å²) in [7, 11) is 0. The molecule has 6 heteroatoms. The number of aliphatic imine (C=N–C) groups is 1. The molecule has 0 amide bonds. The van der Waals surface area contributed by atoms with Gasteiger partial charge in [-0.2, -0.15) is 0 Å². The number of ether oxygens (including phenoxy) is 1. The lowest BCUT2D eigenvalue weighted by molar-refractivity contribution is 0.0177. The minimum atomic E-state index is 0. The second kappa shape index (κ2) is 14.0. The Labute approximate surface area is 172 Å². The molecule has 0 aromatic heterocycles. The average Bonchev–Trinajstić information content (AvgIpc) is 3.04. The SMILES string of the molecule is CCNC(=NCCC(OCC)C1CCCC1)NCCNC(C)(C)C.I. The molecule has 0 aromatic rings. The molecule has 0 radical (unpaired) electrons. The molecule has 25 heavy (non-hydrogen) atoms. The van der Waals surface area contributed by atoms with Gasteiger partial charge in [0.2, 0.25) is 0 Å². The normalized spacial score (nSPS) is 17.2. The first-order chi connectivity index (χ1) is 11.5. The van der Waals surface area contributed by atoms with E-state index < -0.39 is 0 Å². The average molecular weight is 468 g/mol. The standard InChI is InChI=1S/C19H40N4O.HI/c1-6-20-18(22-14-15-23-19(3,4)5)21-13-12-17(24-7-2)16-10-8-9-11-16;/h16-17,23H,6-15H2,1-5H3,(H2,20,21,22);1H. The van der Waals surface area contributed by atoms with Gasteiger partial charge in [-0.25, -0.2) is 0 Å². The van der Waals surface area contributed by atoms with Crippen LogP contribution in [0.3, 0.4) is 0 Å². The van der Waals surface area contributed by atoms with Crippen molar-refractivity contribution in [2.24, 2.45) is 10.9 Å². The summed E-state index contributed by atoms with van der Waals surface area (Å²) in [6, 6.07) is 0. The van der Waals surface area contributed by atoms with Crippen molar-refractivity contribution in [1.82, 2.24) is 16.0 Å². The number of halogens is 1. The van der Waals surface area contributed by atoms with Crippen LogP contribution in [-0.2, 0) is 4.74 Å². The molecule has 0 aromatic carbocycles.